The molecule has 0 bridgehead atoms. The number of amides is 1. The van der Waals surface area contributed by atoms with Gasteiger partial charge in [0.2, 0.25) is 0 Å². The van der Waals surface area contributed by atoms with Crippen LogP contribution >= 0.6 is 0 Å². The van der Waals surface area contributed by atoms with E-state index in [2.05, 4.69) is 15.5 Å². The quantitative estimate of drug-likeness (QED) is 0.791. The van der Waals surface area contributed by atoms with Crippen molar-refractivity contribution in [3.05, 3.63) is 47.4 Å². The van der Waals surface area contributed by atoms with Crippen LogP contribution in [-0.4, -0.2) is 16.1 Å². The van der Waals surface area contributed by atoms with Gasteiger partial charge in [0.15, 0.2) is 5.82 Å². The van der Waals surface area contributed by atoms with E-state index in [1.807, 2.05) is 0 Å². The zero-order valence-corrected chi connectivity index (χ0v) is 9.64. The van der Waals surface area contributed by atoms with Gasteiger partial charge in [0.05, 0.1) is 0 Å². The highest BCUT2D eigenvalue weighted by Crippen LogP contribution is 2.18. The molecule has 0 unspecified atom stereocenters. The average molecular weight is 246 g/mol. The van der Waals surface area contributed by atoms with E-state index >= 15 is 0 Å². The molecule has 5 nitrogen and oxygen atoms in total. The van der Waals surface area contributed by atoms with E-state index in [-0.39, 0.29) is 11.3 Å². The zero-order chi connectivity index (χ0) is 13.1. The fourth-order valence-corrected chi connectivity index (χ4v) is 1.39. The summed E-state index contributed by atoms with van der Waals surface area (Å²) in [4.78, 5) is 11.8. The van der Waals surface area contributed by atoms with Crippen molar-refractivity contribution in [2.24, 2.45) is 0 Å². The number of benzene rings is 1. The summed E-state index contributed by atoms with van der Waals surface area (Å²) < 4.78 is 13.5. The summed E-state index contributed by atoms with van der Waals surface area (Å²) in [7, 11) is 0. The van der Waals surface area contributed by atoms with E-state index in [0.29, 0.717) is 11.4 Å². The monoisotopic (exact) mass is 246 g/mol. The number of hydrogen-bond donors (Lipinski definition) is 2. The third-order valence-corrected chi connectivity index (χ3v) is 2.46. The summed E-state index contributed by atoms with van der Waals surface area (Å²) in [6, 6.07) is 5.77. The number of anilines is 2. The Balaban J connectivity index is 2.25. The minimum Gasteiger partial charge on any atom is -0.398 e. The first-order chi connectivity index (χ1) is 8.58. The molecule has 0 aliphatic rings. The summed E-state index contributed by atoms with van der Waals surface area (Å²) in [6.07, 6.45) is 1.49. The summed E-state index contributed by atoms with van der Waals surface area (Å²) in [5, 5.41) is 9.81. The highest BCUT2D eigenvalue weighted by Gasteiger charge is 2.11. The molecule has 0 fully saturated rings. The van der Waals surface area contributed by atoms with Gasteiger partial charge in [-0.15, -0.1) is 5.10 Å². The summed E-state index contributed by atoms with van der Waals surface area (Å²) >= 11 is 0. The number of carbonyl (C=O) groups is 1. The molecule has 18 heavy (non-hydrogen) atoms. The third kappa shape index (κ3) is 2.42. The Bertz CT molecular complexity index is 563. The maximum Gasteiger partial charge on any atom is 0.257 e. The van der Waals surface area contributed by atoms with Crippen molar-refractivity contribution < 1.29 is 9.18 Å². The van der Waals surface area contributed by atoms with E-state index in [1.54, 1.807) is 19.1 Å². The van der Waals surface area contributed by atoms with Crippen molar-refractivity contribution in [3.8, 4) is 0 Å². The minimum atomic E-state index is -0.515. The van der Waals surface area contributed by atoms with Crippen molar-refractivity contribution in [3.63, 3.8) is 0 Å². The first kappa shape index (κ1) is 12.0. The molecule has 6 heteroatoms. The standard InChI is InChI=1S/C12H11FN4O/c1-7-9(13)5-8(6-10(7)14)12(18)16-11-3-2-4-15-17-11/h2-6H,14H2,1H3,(H,16,17,18). The second-order valence-corrected chi connectivity index (χ2v) is 3.74. The minimum absolute atomic E-state index is 0.140. The molecule has 2 rings (SSSR count). The number of nitrogens with two attached hydrogens (primary N) is 1. The lowest BCUT2D eigenvalue weighted by molar-refractivity contribution is 0.102. The van der Waals surface area contributed by atoms with Crippen molar-refractivity contribution in [1.29, 1.82) is 0 Å². The molecule has 1 aromatic carbocycles. The summed E-state index contributed by atoms with van der Waals surface area (Å²) in [5.41, 5.74) is 6.31. The number of halogens is 1. The lowest BCUT2D eigenvalue weighted by Gasteiger charge is -2.07. The maximum absolute atomic E-state index is 13.5. The Hall–Kier alpha value is -2.50. The molecule has 1 amide bonds. The van der Waals surface area contributed by atoms with Gasteiger partial charge in [0.25, 0.3) is 5.91 Å². The highest BCUT2D eigenvalue weighted by molar-refractivity contribution is 6.04. The largest absolute Gasteiger partial charge is 0.398 e. The molecule has 0 atom stereocenters. The first-order valence-corrected chi connectivity index (χ1v) is 5.22. The van der Waals surface area contributed by atoms with Crippen LogP contribution in [0.25, 0.3) is 0 Å². The van der Waals surface area contributed by atoms with Crippen LogP contribution in [0, 0.1) is 12.7 Å². The predicted molar refractivity (Wildman–Crippen MR) is 65.5 cm³/mol. The van der Waals surface area contributed by atoms with Gasteiger partial charge in [-0.1, -0.05) is 0 Å². The molecule has 1 heterocycles. The molecule has 1 aromatic heterocycles. The summed E-state index contributed by atoms with van der Waals surface area (Å²) in [5.74, 6) is -0.706. The van der Waals surface area contributed by atoms with Crippen molar-refractivity contribution in [2.75, 3.05) is 11.1 Å². The van der Waals surface area contributed by atoms with Crippen LogP contribution < -0.4 is 11.1 Å². The Morgan fingerprint density at radius 1 is 1.44 bits per heavy atom. The number of nitrogens with zero attached hydrogens (tertiary/aromatic N) is 2. The van der Waals surface area contributed by atoms with Gasteiger partial charge >= 0.3 is 0 Å². The Labute approximate surface area is 103 Å². The van der Waals surface area contributed by atoms with E-state index in [4.69, 9.17) is 5.73 Å². The number of aromatic nitrogens is 2. The molecule has 2 aromatic rings. The van der Waals surface area contributed by atoms with Crippen LogP contribution in [0.2, 0.25) is 0 Å². The molecule has 0 radical (unpaired) electrons. The van der Waals surface area contributed by atoms with Gasteiger partial charge in [-0.25, -0.2) is 4.39 Å². The Morgan fingerprint density at radius 3 is 2.83 bits per heavy atom. The fraction of sp³-hybridized carbons (Fsp3) is 0.0833. The lowest BCUT2D eigenvalue weighted by Crippen LogP contribution is -2.14. The van der Waals surface area contributed by atoms with E-state index < -0.39 is 11.7 Å². The van der Waals surface area contributed by atoms with Crippen LogP contribution in [0.5, 0.6) is 0 Å². The number of rotatable bonds is 2. The van der Waals surface area contributed by atoms with Crippen LogP contribution in [0.3, 0.4) is 0 Å². The van der Waals surface area contributed by atoms with Crippen LogP contribution in [-0.2, 0) is 0 Å². The Morgan fingerprint density at radius 2 is 2.22 bits per heavy atom. The van der Waals surface area contributed by atoms with Gasteiger partial charge in [0, 0.05) is 23.0 Å². The van der Waals surface area contributed by atoms with Crippen LogP contribution in [0.1, 0.15) is 15.9 Å². The molecule has 0 aliphatic carbocycles. The van der Waals surface area contributed by atoms with Crippen LogP contribution in [0.15, 0.2) is 30.5 Å². The smallest absolute Gasteiger partial charge is 0.257 e. The average Bonchev–Trinajstić information content (AvgIpc) is 2.36. The van der Waals surface area contributed by atoms with Crippen molar-refractivity contribution >= 4 is 17.4 Å². The number of carbonyl (C=O) groups excluding carboxylic acids is 1. The van der Waals surface area contributed by atoms with Crippen molar-refractivity contribution in [1.82, 2.24) is 10.2 Å². The number of nitrogen functional groups attached to an aromatic ring is 1. The molecule has 0 saturated heterocycles. The second-order valence-electron chi connectivity index (χ2n) is 3.74. The summed E-state index contributed by atoms with van der Waals surface area (Å²) in [6.45, 7) is 1.55. The molecule has 0 aliphatic heterocycles. The SMILES string of the molecule is Cc1c(N)cc(C(=O)Nc2cccnn2)cc1F. The van der Waals surface area contributed by atoms with Gasteiger partial charge < -0.3 is 11.1 Å². The van der Waals surface area contributed by atoms with Gasteiger partial charge in [-0.3, -0.25) is 4.79 Å². The zero-order valence-electron chi connectivity index (χ0n) is 9.64. The fourth-order valence-electron chi connectivity index (χ4n) is 1.39. The molecular weight excluding hydrogens is 235 g/mol. The maximum atomic E-state index is 13.5. The van der Waals surface area contributed by atoms with Gasteiger partial charge in [-0.2, -0.15) is 5.10 Å². The highest BCUT2D eigenvalue weighted by atomic mass is 19.1. The molecule has 0 spiro atoms. The lowest BCUT2D eigenvalue weighted by atomic mass is 10.1. The normalized spacial score (nSPS) is 10.1. The van der Waals surface area contributed by atoms with E-state index in [0.717, 1.165) is 6.07 Å². The third-order valence-electron chi connectivity index (χ3n) is 2.46. The molecule has 92 valence electrons. The topological polar surface area (TPSA) is 80.9 Å². The molecular formula is C12H11FN4O. The first-order valence-electron chi connectivity index (χ1n) is 5.22. The van der Waals surface area contributed by atoms with Gasteiger partial charge in [0.1, 0.15) is 5.82 Å². The molecule has 3 N–H and O–H groups in total. The molecule has 0 saturated carbocycles. The Kier molecular flexibility index (Phi) is 3.18. The number of hydrogen-bond acceptors (Lipinski definition) is 4. The van der Waals surface area contributed by atoms with E-state index in [9.17, 15) is 9.18 Å². The second kappa shape index (κ2) is 4.79. The predicted octanol–water partition coefficient (Wildman–Crippen LogP) is 1.76. The van der Waals surface area contributed by atoms with E-state index in [1.165, 1.54) is 12.3 Å². The van der Waals surface area contributed by atoms with Crippen LogP contribution in [0.4, 0.5) is 15.9 Å². The number of nitrogens with one attached hydrogen (secondary N) is 1. The van der Waals surface area contributed by atoms with Gasteiger partial charge in [-0.05, 0) is 31.2 Å². The van der Waals surface area contributed by atoms with Crippen molar-refractivity contribution in [2.45, 2.75) is 6.92 Å².